The van der Waals surface area contributed by atoms with Crippen LogP contribution in [0, 0.1) is 5.92 Å². The SMILES string of the molecule is COCCNCCCC1CCOC2(CCOC2)C1. The van der Waals surface area contributed by atoms with E-state index in [0.717, 1.165) is 51.9 Å². The van der Waals surface area contributed by atoms with Crippen LogP contribution in [-0.4, -0.2) is 52.2 Å². The first-order chi connectivity index (χ1) is 8.85. The Hall–Kier alpha value is -0.160. The van der Waals surface area contributed by atoms with Crippen LogP contribution in [0.1, 0.15) is 32.1 Å². The number of ether oxygens (including phenoxy) is 3. The predicted octanol–water partition coefficient (Wildman–Crippen LogP) is 1.59. The minimum absolute atomic E-state index is 0.0758. The molecule has 0 radical (unpaired) electrons. The number of rotatable bonds is 7. The quantitative estimate of drug-likeness (QED) is 0.703. The highest BCUT2D eigenvalue weighted by Gasteiger charge is 2.40. The second kappa shape index (κ2) is 7.43. The number of methoxy groups -OCH3 is 1. The van der Waals surface area contributed by atoms with Crippen molar-refractivity contribution in [1.29, 1.82) is 0 Å². The van der Waals surface area contributed by atoms with Gasteiger partial charge in [0.25, 0.3) is 0 Å². The fraction of sp³-hybridized carbons (Fsp3) is 1.00. The zero-order chi connectivity index (χ0) is 12.7. The largest absolute Gasteiger partial charge is 0.383 e. The Morgan fingerprint density at radius 2 is 2.28 bits per heavy atom. The van der Waals surface area contributed by atoms with Gasteiger partial charge in [-0.15, -0.1) is 0 Å². The molecular weight excluding hydrogens is 230 g/mol. The Kier molecular flexibility index (Phi) is 5.89. The van der Waals surface area contributed by atoms with Gasteiger partial charge in [0.1, 0.15) is 0 Å². The summed E-state index contributed by atoms with van der Waals surface area (Å²) < 4.78 is 16.5. The molecule has 2 aliphatic rings. The summed E-state index contributed by atoms with van der Waals surface area (Å²) in [5, 5.41) is 3.41. The van der Waals surface area contributed by atoms with Gasteiger partial charge in [-0.1, -0.05) is 0 Å². The van der Waals surface area contributed by atoms with Crippen molar-refractivity contribution in [1.82, 2.24) is 5.32 Å². The molecule has 2 atom stereocenters. The molecule has 18 heavy (non-hydrogen) atoms. The van der Waals surface area contributed by atoms with E-state index in [9.17, 15) is 0 Å². The van der Waals surface area contributed by atoms with Gasteiger partial charge in [0.05, 0.1) is 18.8 Å². The van der Waals surface area contributed by atoms with Gasteiger partial charge in [-0.3, -0.25) is 0 Å². The minimum atomic E-state index is 0.0758. The molecule has 2 fully saturated rings. The van der Waals surface area contributed by atoms with Gasteiger partial charge in [0.15, 0.2) is 0 Å². The molecule has 0 aromatic carbocycles. The van der Waals surface area contributed by atoms with Crippen LogP contribution in [-0.2, 0) is 14.2 Å². The Balaban J connectivity index is 1.58. The summed E-state index contributed by atoms with van der Waals surface area (Å²) >= 11 is 0. The number of nitrogens with one attached hydrogen (secondary N) is 1. The summed E-state index contributed by atoms with van der Waals surface area (Å²) in [6.07, 6.45) is 6.08. The molecule has 2 saturated heterocycles. The summed E-state index contributed by atoms with van der Waals surface area (Å²) in [7, 11) is 1.74. The Morgan fingerprint density at radius 3 is 3.06 bits per heavy atom. The maximum atomic E-state index is 5.96. The summed E-state index contributed by atoms with van der Waals surface area (Å²) in [6.45, 7) is 5.48. The monoisotopic (exact) mass is 257 g/mol. The zero-order valence-electron chi connectivity index (χ0n) is 11.6. The van der Waals surface area contributed by atoms with Gasteiger partial charge in [0.2, 0.25) is 0 Å². The lowest BCUT2D eigenvalue weighted by Crippen LogP contribution is -2.40. The van der Waals surface area contributed by atoms with Crippen LogP contribution >= 0.6 is 0 Å². The highest BCUT2D eigenvalue weighted by molar-refractivity contribution is 4.90. The molecule has 0 saturated carbocycles. The van der Waals surface area contributed by atoms with Crippen LogP contribution < -0.4 is 5.32 Å². The first-order valence-electron chi connectivity index (χ1n) is 7.26. The first kappa shape index (κ1) is 14.3. The molecule has 0 aliphatic carbocycles. The van der Waals surface area contributed by atoms with Crippen LogP contribution in [0.2, 0.25) is 0 Å². The summed E-state index contributed by atoms with van der Waals surface area (Å²) in [6, 6.07) is 0. The van der Waals surface area contributed by atoms with Crippen molar-refractivity contribution in [3.05, 3.63) is 0 Å². The second-order valence-corrected chi connectivity index (χ2v) is 5.58. The zero-order valence-corrected chi connectivity index (χ0v) is 11.6. The molecule has 0 amide bonds. The third-order valence-corrected chi connectivity index (χ3v) is 4.11. The molecular formula is C14H27NO3. The van der Waals surface area contributed by atoms with Gasteiger partial charge >= 0.3 is 0 Å². The van der Waals surface area contributed by atoms with Gasteiger partial charge in [-0.05, 0) is 38.1 Å². The Morgan fingerprint density at radius 1 is 1.33 bits per heavy atom. The number of hydrogen-bond donors (Lipinski definition) is 1. The lowest BCUT2D eigenvalue weighted by atomic mass is 9.83. The normalized spacial score (nSPS) is 32.2. The second-order valence-electron chi connectivity index (χ2n) is 5.58. The summed E-state index contributed by atoms with van der Waals surface area (Å²) in [5.74, 6) is 0.824. The molecule has 2 heterocycles. The van der Waals surface area contributed by atoms with E-state index >= 15 is 0 Å². The summed E-state index contributed by atoms with van der Waals surface area (Å²) in [5.41, 5.74) is 0.0758. The van der Waals surface area contributed by atoms with Crippen molar-refractivity contribution < 1.29 is 14.2 Å². The van der Waals surface area contributed by atoms with E-state index in [1.54, 1.807) is 7.11 Å². The lowest BCUT2D eigenvalue weighted by Gasteiger charge is -2.37. The van der Waals surface area contributed by atoms with Crippen molar-refractivity contribution >= 4 is 0 Å². The van der Waals surface area contributed by atoms with Crippen LogP contribution in [0.5, 0.6) is 0 Å². The van der Waals surface area contributed by atoms with E-state index in [4.69, 9.17) is 14.2 Å². The Labute approximate surface area is 110 Å². The van der Waals surface area contributed by atoms with Crippen molar-refractivity contribution in [2.24, 2.45) is 5.92 Å². The molecule has 106 valence electrons. The van der Waals surface area contributed by atoms with Crippen LogP contribution in [0.25, 0.3) is 0 Å². The smallest absolute Gasteiger partial charge is 0.0939 e. The molecule has 1 spiro atoms. The fourth-order valence-corrected chi connectivity index (χ4v) is 3.05. The molecule has 0 bridgehead atoms. The van der Waals surface area contributed by atoms with Gasteiger partial charge in [-0.2, -0.15) is 0 Å². The highest BCUT2D eigenvalue weighted by atomic mass is 16.6. The maximum absolute atomic E-state index is 5.96. The summed E-state index contributed by atoms with van der Waals surface area (Å²) in [4.78, 5) is 0. The molecule has 2 aliphatic heterocycles. The lowest BCUT2D eigenvalue weighted by molar-refractivity contribution is -0.0989. The van der Waals surface area contributed by atoms with Gasteiger partial charge in [0, 0.05) is 33.3 Å². The third kappa shape index (κ3) is 4.19. The molecule has 1 N–H and O–H groups in total. The standard InChI is InChI=1S/C14H27NO3/c1-16-10-7-15-6-2-3-13-4-8-18-14(11-13)5-9-17-12-14/h13,15H,2-12H2,1H3. The van der Waals surface area contributed by atoms with Crippen LogP contribution in [0.3, 0.4) is 0 Å². The van der Waals surface area contributed by atoms with Gasteiger partial charge in [-0.25, -0.2) is 0 Å². The number of hydrogen-bond acceptors (Lipinski definition) is 4. The van der Waals surface area contributed by atoms with Crippen molar-refractivity contribution in [3.8, 4) is 0 Å². The molecule has 4 heteroatoms. The fourth-order valence-electron chi connectivity index (χ4n) is 3.05. The van der Waals surface area contributed by atoms with Crippen molar-refractivity contribution in [2.75, 3.05) is 46.6 Å². The van der Waals surface area contributed by atoms with E-state index < -0.39 is 0 Å². The van der Waals surface area contributed by atoms with Crippen LogP contribution in [0.4, 0.5) is 0 Å². The molecule has 0 aromatic rings. The van der Waals surface area contributed by atoms with Gasteiger partial charge < -0.3 is 19.5 Å². The van der Waals surface area contributed by atoms with Crippen molar-refractivity contribution in [2.45, 2.75) is 37.7 Å². The average Bonchev–Trinajstić information content (AvgIpc) is 2.82. The minimum Gasteiger partial charge on any atom is -0.383 e. The van der Waals surface area contributed by atoms with Crippen molar-refractivity contribution in [3.63, 3.8) is 0 Å². The maximum Gasteiger partial charge on any atom is 0.0939 e. The van der Waals surface area contributed by atoms with E-state index in [1.165, 1.54) is 25.7 Å². The van der Waals surface area contributed by atoms with E-state index in [1.807, 2.05) is 0 Å². The molecule has 2 unspecified atom stereocenters. The molecule has 0 aromatic heterocycles. The topological polar surface area (TPSA) is 39.7 Å². The first-order valence-corrected chi connectivity index (χ1v) is 7.26. The average molecular weight is 257 g/mol. The van der Waals surface area contributed by atoms with Crippen LogP contribution in [0.15, 0.2) is 0 Å². The third-order valence-electron chi connectivity index (χ3n) is 4.11. The molecule has 4 nitrogen and oxygen atoms in total. The highest BCUT2D eigenvalue weighted by Crippen LogP contribution is 2.37. The van der Waals surface area contributed by atoms with E-state index in [0.29, 0.717) is 0 Å². The van der Waals surface area contributed by atoms with E-state index in [2.05, 4.69) is 5.32 Å². The predicted molar refractivity (Wildman–Crippen MR) is 70.8 cm³/mol. The van der Waals surface area contributed by atoms with E-state index in [-0.39, 0.29) is 5.60 Å². The Bertz CT molecular complexity index is 229. The molecule has 2 rings (SSSR count).